The number of hydrogen-bond donors (Lipinski definition) is 1. The van der Waals surface area contributed by atoms with Crippen molar-refractivity contribution in [3.8, 4) is 16.9 Å². The molecule has 3 rings (SSSR count). The number of nitrogens with zero attached hydrogens (tertiary/aromatic N) is 1. The van der Waals surface area contributed by atoms with Crippen LogP contribution in [0.25, 0.3) is 11.1 Å². The van der Waals surface area contributed by atoms with Crippen LogP contribution >= 0.6 is 0 Å². The summed E-state index contributed by atoms with van der Waals surface area (Å²) in [6.45, 7) is 2.50. The van der Waals surface area contributed by atoms with E-state index >= 15 is 0 Å². The van der Waals surface area contributed by atoms with Gasteiger partial charge in [-0.3, -0.25) is 4.79 Å². The smallest absolute Gasteiger partial charge is 0.271 e. The van der Waals surface area contributed by atoms with Crippen LogP contribution < -0.4 is 10.2 Å². The van der Waals surface area contributed by atoms with Crippen LogP contribution in [0.1, 0.15) is 22.8 Å². The lowest BCUT2D eigenvalue weighted by Gasteiger charge is -2.06. The number of hydrazone groups is 1. The fourth-order valence-corrected chi connectivity index (χ4v) is 2.54. The predicted octanol–water partition coefficient (Wildman–Crippen LogP) is 4.52. The van der Waals surface area contributed by atoms with E-state index in [-0.39, 0.29) is 5.91 Å². The first-order valence-electron chi connectivity index (χ1n) is 8.48. The quantitative estimate of drug-likeness (QED) is 0.528. The van der Waals surface area contributed by atoms with Gasteiger partial charge in [0.05, 0.1) is 12.8 Å². The number of carbonyl (C=O) groups excluding carboxylic acids is 1. The number of amides is 1. The van der Waals surface area contributed by atoms with E-state index in [0.29, 0.717) is 12.2 Å². The number of hydrogen-bond acceptors (Lipinski definition) is 3. The predicted molar refractivity (Wildman–Crippen MR) is 105 cm³/mol. The minimum Gasteiger partial charge on any atom is -0.493 e. The van der Waals surface area contributed by atoms with E-state index in [4.69, 9.17) is 4.74 Å². The standard InChI is InChI=1S/C22H20N2O2/c1-2-26-21-11-7-6-10-20(21)16-23-24-22(25)19-14-12-18(13-15-19)17-8-4-3-5-9-17/h3-16H,2H2,1H3,(H,24,25)/b23-16-. The Morgan fingerprint density at radius 2 is 1.58 bits per heavy atom. The van der Waals surface area contributed by atoms with Gasteiger partial charge in [0.15, 0.2) is 0 Å². The summed E-state index contributed by atoms with van der Waals surface area (Å²) in [7, 11) is 0. The lowest BCUT2D eigenvalue weighted by molar-refractivity contribution is 0.0955. The zero-order valence-electron chi connectivity index (χ0n) is 14.6. The molecule has 0 aliphatic rings. The van der Waals surface area contributed by atoms with Gasteiger partial charge in [-0.2, -0.15) is 5.10 Å². The largest absolute Gasteiger partial charge is 0.493 e. The van der Waals surface area contributed by atoms with E-state index in [1.54, 1.807) is 18.3 Å². The Kier molecular flexibility index (Phi) is 5.78. The van der Waals surface area contributed by atoms with Crippen LogP contribution in [-0.4, -0.2) is 18.7 Å². The fraction of sp³-hybridized carbons (Fsp3) is 0.0909. The molecule has 26 heavy (non-hydrogen) atoms. The van der Waals surface area contributed by atoms with Gasteiger partial charge in [-0.15, -0.1) is 0 Å². The van der Waals surface area contributed by atoms with E-state index in [1.165, 1.54) is 0 Å². The maximum atomic E-state index is 12.2. The third-order valence-electron chi connectivity index (χ3n) is 3.84. The summed E-state index contributed by atoms with van der Waals surface area (Å²) >= 11 is 0. The van der Waals surface area contributed by atoms with Gasteiger partial charge in [0, 0.05) is 11.1 Å². The SMILES string of the molecule is CCOc1ccccc1/C=N\NC(=O)c1ccc(-c2ccccc2)cc1. The molecule has 0 bridgehead atoms. The molecular weight excluding hydrogens is 324 g/mol. The Morgan fingerprint density at radius 1 is 0.923 bits per heavy atom. The molecule has 0 spiro atoms. The summed E-state index contributed by atoms with van der Waals surface area (Å²) in [4.78, 5) is 12.2. The first-order chi connectivity index (χ1) is 12.8. The van der Waals surface area contributed by atoms with Gasteiger partial charge in [0.1, 0.15) is 5.75 Å². The average molecular weight is 344 g/mol. The second kappa shape index (κ2) is 8.62. The fourth-order valence-electron chi connectivity index (χ4n) is 2.54. The molecular formula is C22H20N2O2. The van der Waals surface area contributed by atoms with Crippen LogP contribution in [0, 0.1) is 0 Å². The molecule has 0 saturated carbocycles. The Morgan fingerprint density at radius 3 is 2.31 bits per heavy atom. The molecule has 1 amide bonds. The van der Waals surface area contributed by atoms with Crippen LogP contribution in [0.5, 0.6) is 5.75 Å². The van der Waals surface area contributed by atoms with E-state index in [2.05, 4.69) is 10.5 Å². The average Bonchev–Trinajstić information content (AvgIpc) is 2.70. The molecule has 3 aromatic carbocycles. The van der Waals surface area contributed by atoms with Gasteiger partial charge in [-0.25, -0.2) is 5.43 Å². The first-order valence-corrected chi connectivity index (χ1v) is 8.48. The van der Waals surface area contributed by atoms with Crippen LogP contribution in [-0.2, 0) is 0 Å². The molecule has 0 fully saturated rings. The van der Waals surface area contributed by atoms with Crippen molar-refractivity contribution in [3.63, 3.8) is 0 Å². The second-order valence-electron chi connectivity index (χ2n) is 5.61. The Hall–Kier alpha value is -3.40. The number of nitrogens with one attached hydrogen (secondary N) is 1. The molecule has 4 nitrogen and oxygen atoms in total. The number of para-hydroxylation sites is 1. The summed E-state index contributed by atoms with van der Waals surface area (Å²) in [6, 6.07) is 25.0. The number of rotatable bonds is 6. The molecule has 1 N–H and O–H groups in total. The van der Waals surface area contributed by atoms with Crippen molar-refractivity contribution in [1.29, 1.82) is 0 Å². The summed E-state index contributed by atoms with van der Waals surface area (Å²) in [6.07, 6.45) is 1.58. The van der Waals surface area contributed by atoms with E-state index in [9.17, 15) is 4.79 Å². The summed E-state index contributed by atoms with van der Waals surface area (Å²) in [5.74, 6) is 0.481. The van der Waals surface area contributed by atoms with Gasteiger partial charge < -0.3 is 4.74 Å². The van der Waals surface area contributed by atoms with E-state index < -0.39 is 0 Å². The van der Waals surface area contributed by atoms with Gasteiger partial charge >= 0.3 is 0 Å². The monoisotopic (exact) mass is 344 g/mol. The Labute approximate surface area is 153 Å². The highest BCUT2D eigenvalue weighted by Gasteiger charge is 2.05. The molecule has 0 saturated heterocycles. The highest BCUT2D eigenvalue weighted by molar-refractivity contribution is 5.95. The molecule has 3 aromatic rings. The number of ether oxygens (including phenoxy) is 1. The first kappa shape index (κ1) is 17.4. The van der Waals surface area contributed by atoms with Crippen LogP contribution in [0.2, 0.25) is 0 Å². The van der Waals surface area contributed by atoms with Crippen molar-refractivity contribution in [2.45, 2.75) is 6.92 Å². The van der Waals surface area contributed by atoms with Gasteiger partial charge in [0.25, 0.3) is 5.91 Å². The van der Waals surface area contributed by atoms with Crippen molar-refractivity contribution in [2.75, 3.05) is 6.61 Å². The van der Waals surface area contributed by atoms with Crippen molar-refractivity contribution in [1.82, 2.24) is 5.43 Å². The van der Waals surface area contributed by atoms with E-state index in [0.717, 1.165) is 22.4 Å². The Balaban J connectivity index is 1.65. The van der Waals surface area contributed by atoms with Crippen molar-refractivity contribution < 1.29 is 9.53 Å². The maximum absolute atomic E-state index is 12.2. The van der Waals surface area contributed by atoms with Crippen LogP contribution in [0.4, 0.5) is 0 Å². The molecule has 0 unspecified atom stereocenters. The van der Waals surface area contributed by atoms with Gasteiger partial charge in [-0.05, 0) is 42.3 Å². The lowest BCUT2D eigenvalue weighted by atomic mass is 10.0. The van der Waals surface area contributed by atoms with Gasteiger partial charge in [-0.1, -0.05) is 54.6 Å². The zero-order valence-corrected chi connectivity index (χ0v) is 14.6. The van der Waals surface area contributed by atoms with Crippen LogP contribution in [0.15, 0.2) is 84.0 Å². The second-order valence-corrected chi connectivity index (χ2v) is 5.61. The van der Waals surface area contributed by atoms with Crippen molar-refractivity contribution in [2.24, 2.45) is 5.10 Å². The minimum absolute atomic E-state index is 0.255. The number of benzene rings is 3. The highest BCUT2D eigenvalue weighted by Crippen LogP contribution is 2.19. The lowest BCUT2D eigenvalue weighted by Crippen LogP contribution is -2.17. The minimum atomic E-state index is -0.255. The normalized spacial score (nSPS) is 10.7. The topological polar surface area (TPSA) is 50.7 Å². The van der Waals surface area contributed by atoms with E-state index in [1.807, 2.05) is 73.7 Å². The zero-order chi connectivity index (χ0) is 18.2. The third-order valence-corrected chi connectivity index (χ3v) is 3.84. The van der Waals surface area contributed by atoms with Crippen molar-refractivity contribution >= 4 is 12.1 Å². The molecule has 0 aromatic heterocycles. The highest BCUT2D eigenvalue weighted by atomic mass is 16.5. The molecule has 0 heterocycles. The molecule has 0 radical (unpaired) electrons. The van der Waals surface area contributed by atoms with Gasteiger partial charge in [0.2, 0.25) is 0 Å². The van der Waals surface area contributed by atoms with Crippen LogP contribution in [0.3, 0.4) is 0 Å². The van der Waals surface area contributed by atoms with Crippen molar-refractivity contribution in [3.05, 3.63) is 90.0 Å². The summed E-state index contributed by atoms with van der Waals surface area (Å²) in [5, 5.41) is 4.04. The molecule has 0 aliphatic heterocycles. The summed E-state index contributed by atoms with van der Waals surface area (Å²) < 4.78 is 5.53. The third kappa shape index (κ3) is 4.36. The maximum Gasteiger partial charge on any atom is 0.271 e. The summed E-state index contributed by atoms with van der Waals surface area (Å²) in [5.41, 5.74) is 6.10. The Bertz CT molecular complexity index is 888. The number of carbonyl (C=O) groups is 1. The molecule has 130 valence electrons. The molecule has 0 aliphatic carbocycles. The molecule has 0 atom stereocenters. The molecule has 4 heteroatoms.